The molecule has 1 aromatic carbocycles. The number of thiazole rings is 1. The Hall–Kier alpha value is -1.63. The van der Waals surface area contributed by atoms with Crippen LogP contribution in [-0.4, -0.2) is 23.1 Å². The second-order valence-electron chi connectivity index (χ2n) is 3.55. The van der Waals surface area contributed by atoms with Gasteiger partial charge in [-0.3, -0.25) is 0 Å². The molecule has 18 heavy (non-hydrogen) atoms. The van der Waals surface area contributed by atoms with Gasteiger partial charge in [-0.2, -0.15) is 0 Å². The number of aromatic nitrogens is 1. The Morgan fingerprint density at radius 1 is 1.44 bits per heavy atom. The summed E-state index contributed by atoms with van der Waals surface area (Å²) in [5.74, 6) is 0. The van der Waals surface area contributed by atoms with Crippen LogP contribution in [0, 0.1) is 0 Å². The largest absolute Gasteiger partial charge is 0.389 e. The molecule has 0 fully saturated rings. The van der Waals surface area contributed by atoms with Crippen LogP contribution < -0.4 is 11.1 Å². The number of rotatable bonds is 5. The third-order valence-electron chi connectivity index (χ3n) is 2.27. The minimum Gasteiger partial charge on any atom is -0.389 e. The number of hydrogen-bond donors (Lipinski definition) is 3. The van der Waals surface area contributed by atoms with Crippen molar-refractivity contribution in [1.29, 1.82) is 0 Å². The number of anilines is 2. The lowest BCUT2D eigenvalue weighted by molar-refractivity contribution is -0.0730. The molecule has 0 bridgehead atoms. The molecule has 0 aliphatic heterocycles. The SMILES string of the molecule is CCOC(O)Nc1nc(-c2ccccc2)c(N)s1. The van der Waals surface area contributed by atoms with Crippen LogP contribution in [0.3, 0.4) is 0 Å². The molecule has 1 unspecified atom stereocenters. The van der Waals surface area contributed by atoms with Gasteiger partial charge in [0.25, 0.3) is 0 Å². The average Bonchev–Trinajstić information content (AvgIpc) is 2.71. The standard InChI is InChI=1S/C12H15N3O2S/c1-2-17-12(16)15-11-14-9(10(13)18-11)8-6-4-3-5-7-8/h3-7,12,16H,2,13H2,1H3,(H,14,15). The minimum absolute atomic E-state index is 0.417. The maximum absolute atomic E-state index is 9.47. The Labute approximate surface area is 109 Å². The topological polar surface area (TPSA) is 80.4 Å². The summed E-state index contributed by atoms with van der Waals surface area (Å²) in [7, 11) is 0. The third-order valence-corrected chi connectivity index (χ3v) is 3.09. The monoisotopic (exact) mass is 265 g/mol. The molecule has 0 saturated heterocycles. The van der Waals surface area contributed by atoms with Gasteiger partial charge in [0, 0.05) is 12.2 Å². The molecule has 6 heteroatoms. The number of nitrogen functional groups attached to an aromatic ring is 1. The predicted octanol–water partition coefficient (Wildman–Crippen LogP) is 2.12. The average molecular weight is 265 g/mol. The van der Waals surface area contributed by atoms with E-state index in [1.165, 1.54) is 11.3 Å². The van der Waals surface area contributed by atoms with Crippen LogP contribution in [0.25, 0.3) is 11.3 Å². The van der Waals surface area contributed by atoms with Gasteiger partial charge in [0.05, 0.1) is 0 Å². The molecule has 0 aliphatic carbocycles. The van der Waals surface area contributed by atoms with E-state index in [9.17, 15) is 5.11 Å². The van der Waals surface area contributed by atoms with Gasteiger partial charge in [0.2, 0.25) is 6.41 Å². The van der Waals surface area contributed by atoms with Crippen molar-refractivity contribution >= 4 is 21.5 Å². The molecule has 2 rings (SSSR count). The number of benzene rings is 1. The van der Waals surface area contributed by atoms with Crippen molar-refractivity contribution in [1.82, 2.24) is 4.98 Å². The zero-order valence-corrected chi connectivity index (χ0v) is 10.8. The molecule has 0 radical (unpaired) electrons. The van der Waals surface area contributed by atoms with Gasteiger partial charge < -0.3 is 20.9 Å². The van der Waals surface area contributed by atoms with Gasteiger partial charge in [-0.1, -0.05) is 41.7 Å². The molecule has 2 aromatic rings. The number of nitrogens with one attached hydrogen (secondary N) is 1. The number of nitrogens with zero attached hydrogens (tertiary/aromatic N) is 1. The lowest BCUT2D eigenvalue weighted by atomic mass is 10.2. The highest BCUT2D eigenvalue weighted by Crippen LogP contribution is 2.33. The van der Waals surface area contributed by atoms with E-state index in [1.54, 1.807) is 6.92 Å². The summed E-state index contributed by atoms with van der Waals surface area (Å²) in [4.78, 5) is 4.34. The third kappa shape index (κ3) is 2.98. The Morgan fingerprint density at radius 2 is 2.17 bits per heavy atom. The van der Waals surface area contributed by atoms with Gasteiger partial charge in [-0.05, 0) is 6.92 Å². The minimum atomic E-state index is -1.07. The molecule has 5 nitrogen and oxygen atoms in total. The molecule has 4 N–H and O–H groups in total. The van der Waals surface area contributed by atoms with E-state index in [1.807, 2.05) is 30.3 Å². The number of nitrogens with two attached hydrogens (primary N) is 1. The molecule has 1 heterocycles. The molecule has 1 aromatic heterocycles. The first-order valence-electron chi connectivity index (χ1n) is 5.58. The molecular weight excluding hydrogens is 250 g/mol. The predicted molar refractivity (Wildman–Crippen MR) is 73.2 cm³/mol. The first-order chi connectivity index (χ1) is 8.70. The van der Waals surface area contributed by atoms with Crippen LogP contribution in [0.15, 0.2) is 30.3 Å². The van der Waals surface area contributed by atoms with Crippen LogP contribution in [-0.2, 0) is 4.74 Å². The first kappa shape index (κ1) is 12.8. The van der Waals surface area contributed by atoms with Crippen LogP contribution >= 0.6 is 11.3 Å². The van der Waals surface area contributed by atoms with E-state index >= 15 is 0 Å². The number of ether oxygens (including phenoxy) is 1. The van der Waals surface area contributed by atoms with Gasteiger partial charge in [-0.25, -0.2) is 4.98 Å². The van der Waals surface area contributed by atoms with E-state index in [0.29, 0.717) is 22.4 Å². The van der Waals surface area contributed by atoms with Crippen molar-refractivity contribution in [3.05, 3.63) is 30.3 Å². The van der Waals surface area contributed by atoms with Gasteiger partial charge in [0.1, 0.15) is 10.7 Å². The Kier molecular flexibility index (Phi) is 4.14. The molecule has 1 atom stereocenters. The fourth-order valence-corrected chi connectivity index (χ4v) is 2.27. The highest BCUT2D eigenvalue weighted by atomic mass is 32.1. The molecule has 0 spiro atoms. The summed E-state index contributed by atoms with van der Waals surface area (Å²) >= 11 is 1.28. The highest BCUT2D eigenvalue weighted by Gasteiger charge is 2.12. The van der Waals surface area contributed by atoms with E-state index in [0.717, 1.165) is 5.56 Å². The Morgan fingerprint density at radius 3 is 2.83 bits per heavy atom. The highest BCUT2D eigenvalue weighted by molar-refractivity contribution is 7.19. The van der Waals surface area contributed by atoms with Crippen molar-refractivity contribution < 1.29 is 9.84 Å². The molecular formula is C12H15N3O2S. The van der Waals surface area contributed by atoms with Crippen molar-refractivity contribution in [2.45, 2.75) is 13.3 Å². The zero-order valence-electron chi connectivity index (χ0n) is 9.96. The summed E-state index contributed by atoms with van der Waals surface area (Å²) in [6, 6.07) is 9.67. The van der Waals surface area contributed by atoms with Crippen LogP contribution in [0.5, 0.6) is 0 Å². The lowest BCUT2D eigenvalue weighted by Crippen LogP contribution is -2.21. The second-order valence-corrected chi connectivity index (χ2v) is 4.58. The fraction of sp³-hybridized carbons (Fsp3) is 0.250. The molecule has 0 aliphatic rings. The number of hydrogen-bond acceptors (Lipinski definition) is 6. The number of aliphatic hydroxyl groups excluding tert-OH is 1. The van der Waals surface area contributed by atoms with E-state index < -0.39 is 6.41 Å². The van der Waals surface area contributed by atoms with Gasteiger partial charge in [-0.15, -0.1) is 0 Å². The van der Waals surface area contributed by atoms with E-state index in [-0.39, 0.29) is 0 Å². The van der Waals surface area contributed by atoms with Crippen molar-refractivity contribution in [2.24, 2.45) is 0 Å². The zero-order chi connectivity index (χ0) is 13.0. The van der Waals surface area contributed by atoms with Crippen LogP contribution in [0.1, 0.15) is 6.92 Å². The van der Waals surface area contributed by atoms with Crippen LogP contribution in [0.4, 0.5) is 10.1 Å². The summed E-state index contributed by atoms with van der Waals surface area (Å²) in [6.07, 6.45) is -1.07. The molecule has 0 saturated carbocycles. The first-order valence-corrected chi connectivity index (χ1v) is 6.40. The smallest absolute Gasteiger partial charge is 0.237 e. The maximum atomic E-state index is 9.47. The van der Waals surface area contributed by atoms with E-state index in [2.05, 4.69) is 10.3 Å². The second kappa shape index (κ2) is 5.81. The molecule has 0 amide bonds. The summed E-state index contributed by atoms with van der Waals surface area (Å²) in [6.45, 7) is 2.22. The Bertz CT molecular complexity index is 501. The van der Waals surface area contributed by atoms with Crippen molar-refractivity contribution in [3.8, 4) is 11.3 Å². The Balaban J connectivity index is 2.17. The van der Waals surface area contributed by atoms with Crippen molar-refractivity contribution in [2.75, 3.05) is 17.7 Å². The molecule has 96 valence electrons. The van der Waals surface area contributed by atoms with E-state index in [4.69, 9.17) is 10.5 Å². The summed E-state index contributed by atoms with van der Waals surface area (Å²) in [5, 5.41) is 13.3. The van der Waals surface area contributed by atoms with Gasteiger partial charge in [0.15, 0.2) is 5.13 Å². The lowest BCUT2D eigenvalue weighted by Gasteiger charge is -2.10. The van der Waals surface area contributed by atoms with Gasteiger partial charge >= 0.3 is 0 Å². The summed E-state index contributed by atoms with van der Waals surface area (Å²) in [5.41, 5.74) is 7.58. The maximum Gasteiger partial charge on any atom is 0.237 e. The van der Waals surface area contributed by atoms with Crippen molar-refractivity contribution in [3.63, 3.8) is 0 Å². The fourth-order valence-electron chi connectivity index (χ4n) is 1.50. The normalized spacial score (nSPS) is 12.3. The quantitative estimate of drug-likeness (QED) is 0.721. The number of aliphatic hydroxyl groups is 1. The summed E-state index contributed by atoms with van der Waals surface area (Å²) < 4.78 is 4.97. The van der Waals surface area contributed by atoms with Crippen LogP contribution in [0.2, 0.25) is 0 Å².